The number of aliphatic hydroxyl groups is 2. The van der Waals surface area contributed by atoms with Crippen LogP contribution in [0.25, 0.3) is 0 Å². The first-order chi connectivity index (χ1) is 71.0. The zero-order valence-corrected chi connectivity index (χ0v) is 87.5. The summed E-state index contributed by atoms with van der Waals surface area (Å²) in [5, 5.41) is 89.1. The molecule has 0 saturated heterocycles. The van der Waals surface area contributed by atoms with Gasteiger partial charge in [0.25, 0.3) is 0 Å². The highest BCUT2D eigenvalue weighted by Gasteiger charge is 2.40. The van der Waals surface area contributed by atoms with E-state index in [-0.39, 0.29) is 82.6 Å². The van der Waals surface area contributed by atoms with Crippen molar-refractivity contribution in [1.29, 1.82) is 0 Å². The molecule has 31 N–H and O–H groups in total. The van der Waals surface area contributed by atoms with Gasteiger partial charge >= 0.3 is 35.8 Å². The predicted octanol–water partition coefficient (Wildman–Crippen LogP) is -0.155. The standard InChI is InChI=1S/C99H167N19O30S/c1-5-8-10-12-14-16-18-20-22-24-26-28-33-43-84(131)147-59-64(148-85(132)44-34-29-27-25-23-21-19-17-15-13-11-9-6-2)60-149-61-65(102)87(133)106-56-80(124)107-71(52-77(103)121)92(138)113-72(53-78(104)122)93(139)115-74(55-83(129)130)94(140)110-68(46-48-82(127)128)90(136)116-75(57-119)96(142)114-73(54-79(105)123)95(141)118-86(62(4)7-3)98(144)117-76(58-120)97(143)112-70(51-63-39-31-30-32-40-63)91(137)108-66(41-35-37-49-100)88(134)109-67(45-47-81(125)126)89(135)111-69(99(145)146)42-36-38-50-101/h30-32,39-40,62,64-76,86,119-120H,5-29,33-38,41-61,100-102H2,1-4H3,(H2,103,121)(H2,104,122)(H2,105,123)(H,106,133)(H,107,124)(H,108,137)(H,109,134)(H,110,140)(H,111,135)(H,112,143)(H,113,138)(H,114,142)(H,115,139)(H,116,136)(H,117,144)(H,118,141)(H,125,126)(H,127,128)(H,129,130)(H,145,146)/t62-,64-,65+,66-,67-,68-,69-,70-,71-,72-,73-,74-,75-,76-,86-/m0/s1. The average Bonchev–Trinajstić information content (AvgIpc) is 0.831. The maximum atomic E-state index is 14.5. The number of unbranched alkanes of at least 4 members (excludes halogenated alkanes) is 26. The molecule has 0 aliphatic rings. The topological polar surface area (TPSA) is 828 Å². The Morgan fingerprint density at radius 1 is 0.342 bits per heavy atom. The summed E-state index contributed by atoms with van der Waals surface area (Å²) >= 11 is 1.08. The number of amides is 16. The fraction of sp³-hybridized carbons (Fsp3) is 0.717. The summed E-state index contributed by atoms with van der Waals surface area (Å²) in [7, 11) is 0. The van der Waals surface area contributed by atoms with E-state index in [1.54, 1.807) is 37.3 Å². The highest BCUT2D eigenvalue weighted by molar-refractivity contribution is 7.99. The molecule has 49 nitrogen and oxygen atoms in total. The number of carboxylic acids is 4. The molecule has 0 bridgehead atoms. The molecule has 0 aliphatic heterocycles. The summed E-state index contributed by atoms with van der Waals surface area (Å²) < 4.78 is 11.4. The largest absolute Gasteiger partial charge is 0.481 e. The molecule has 0 saturated carbocycles. The number of thioether (sulfide) groups is 1. The van der Waals surface area contributed by atoms with E-state index in [2.05, 4.69) is 61.7 Å². The Morgan fingerprint density at radius 3 is 1.07 bits per heavy atom. The number of nitrogens with two attached hydrogens (primary N) is 6. The Hall–Kier alpha value is -12.3. The third-order valence-corrected chi connectivity index (χ3v) is 25.4. The van der Waals surface area contributed by atoms with E-state index in [4.69, 9.17) is 43.9 Å². The fourth-order valence-electron chi connectivity index (χ4n) is 15.5. The maximum Gasteiger partial charge on any atom is 0.326 e. The Bertz CT molecular complexity index is 4320. The third kappa shape index (κ3) is 63.3. The zero-order valence-electron chi connectivity index (χ0n) is 86.7. The summed E-state index contributed by atoms with van der Waals surface area (Å²) in [6.45, 7) is 3.90. The van der Waals surface area contributed by atoms with Crippen molar-refractivity contribution in [2.24, 2.45) is 40.3 Å². The van der Waals surface area contributed by atoms with E-state index >= 15 is 0 Å². The van der Waals surface area contributed by atoms with Gasteiger partial charge in [-0.05, 0) is 88.8 Å². The second-order valence-electron chi connectivity index (χ2n) is 37.2. The zero-order chi connectivity index (χ0) is 112. The lowest BCUT2D eigenvalue weighted by atomic mass is 9.97. The Morgan fingerprint density at radius 2 is 0.678 bits per heavy atom. The lowest BCUT2D eigenvalue weighted by molar-refractivity contribution is -0.157. The number of aliphatic carboxylic acids is 4. The molecule has 1 aromatic carbocycles. The Labute approximate surface area is 874 Å². The van der Waals surface area contributed by atoms with E-state index in [0.717, 1.165) is 69.5 Å². The normalized spacial score (nSPS) is 14.1. The number of hydrogen-bond donors (Lipinski definition) is 25. The lowest BCUT2D eigenvalue weighted by Crippen LogP contribution is -2.62. The van der Waals surface area contributed by atoms with Gasteiger partial charge in [-0.1, -0.05) is 219 Å². The molecular weight excluding hydrogens is 1970 g/mol. The molecule has 0 unspecified atom stereocenters. The van der Waals surface area contributed by atoms with Crippen LogP contribution in [0, 0.1) is 5.92 Å². The summed E-state index contributed by atoms with van der Waals surface area (Å²) in [6, 6.07) is -16.6. The Balaban J connectivity index is 3.43. The minimum Gasteiger partial charge on any atom is -0.481 e. The van der Waals surface area contributed by atoms with Crippen molar-refractivity contribution in [2.75, 3.05) is 51.0 Å². The lowest BCUT2D eigenvalue weighted by Gasteiger charge is -2.29. The van der Waals surface area contributed by atoms with Crippen LogP contribution in [-0.4, -0.2) is 297 Å². The number of aliphatic hydroxyl groups excluding tert-OH is 2. The number of hydrogen-bond acceptors (Lipinski definition) is 30. The first kappa shape index (κ1) is 135. The third-order valence-electron chi connectivity index (χ3n) is 24.2. The smallest absolute Gasteiger partial charge is 0.326 e. The predicted molar refractivity (Wildman–Crippen MR) is 548 cm³/mol. The summed E-state index contributed by atoms with van der Waals surface area (Å²) in [5.41, 5.74) is 34.3. The average molecular weight is 2140 g/mol. The molecule has 0 heterocycles. The van der Waals surface area contributed by atoms with Crippen molar-refractivity contribution >= 4 is 142 Å². The van der Waals surface area contributed by atoms with Gasteiger partial charge in [-0.15, -0.1) is 0 Å². The van der Waals surface area contributed by atoms with Crippen molar-refractivity contribution in [3.8, 4) is 0 Å². The quantitative estimate of drug-likeness (QED) is 0.0298. The van der Waals surface area contributed by atoms with E-state index in [1.807, 2.05) is 21.3 Å². The molecule has 0 aliphatic carbocycles. The van der Waals surface area contributed by atoms with Crippen LogP contribution in [0.3, 0.4) is 0 Å². The van der Waals surface area contributed by atoms with Crippen molar-refractivity contribution in [3.05, 3.63) is 35.9 Å². The molecule has 0 aromatic heterocycles. The second kappa shape index (κ2) is 80.7. The van der Waals surface area contributed by atoms with Crippen LogP contribution in [0.1, 0.15) is 309 Å². The van der Waals surface area contributed by atoms with Gasteiger partial charge in [0.1, 0.15) is 85.2 Å². The second-order valence-corrected chi connectivity index (χ2v) is 38.3. The van der Waals surface area contributed by atoms with Crippen molar-refractivity contribution in [3.63, 3.8) is 0 Å². The number of benzene rings is 1. The van der Waals surface area contributed by atoms with Crippen LogP contribution < -0.4 is 104 Å². The highest BCUT2D eigenvalue weighted by atomic mass is 32.2. The first-order valence-corrected chi connectivity index (χ1v) is 53.1. The number of primary amides is 3. The molecule has 50 heteroatoms. The molecular formula is C99H167N19O30S. The van der Waals surface area contributed by atoms with Crippen LogP contribution in [-0.2, 0) is 121 Å². The first-order valence-electron chi connectivity index (χ1n) is 52.0. The van der Waals surface area contributed by atoms with Gasteiger partial charge in [-0.25, -0.2) is 4.79 Å². The van der Waals surface area contributed by atoms with Crippen LogP contribution in [0.2, 0.25) is 0 Å². The molecule has 844 valence electrons. The van der Waals surface area contributed by atoms with Gasteiger partial charge < -0.3 is 144 Å². The van der Waals surface area contributed by atoms with E-state index in [0.29, 0.717) is 31.2 Å². The number of esters is 2. The Kier molecular flexibility index (Phi) is 72.9. The monoisotopic (exact) mass is 2130 g/mol. The number of carbonyl (C=O) groups excluding carboxylic acids is 18. The van der Waals surface area contributed by atoms with Crippen LogP contribution in [0.15, 0.2) is 30.3 Å². The SMILES string of the molecule is CCCCCCCCCCCCCCCC(=O)OC[C@@H](CSC[C@@H](N)C(=O)NCC(=O)N[C@@H](CC(N)=O)C(=O)N[C@@H](CC(N)=O)C(=O)N[C@@H](CC(=O)O)C(=O)N[C@@H](CCC(=O)O)C(=O)N[C@@H](CO)C(=O)N[C@@H](CC(N)=O)C(=O)N[C@H](C(=O)N[C@@H](CO)C(=O)N[C@@H](Cc1ccccc1)C(=O)N[C@@H](CCCCN)C(=O)N[C@@H](CCC(=O)O)C(=O)N[C@@H](CCCCN)C(=O)O)[C@@H](C)CC)OC(=O)CCCCCCCCCCCCCCC. The van der Waals surface area contributed by atoms with Crippen LogP contribution in [0.4, 0.5) is 0 Å². The van der Waals surface area contributed by atoms with E-state index in [1.165, 1.54) is 103 Å². The number of nitrogens with one attached hydrogen (secondary N) is 13. The van der Waals surface area contributed by atoms with Crippen LogP contribution >= 0.6 is 11.8 Å². The van der Waals surface area contributed by atoms with Crippen molar-refractivity contribution < 1.29 is 146 Å². The van der Waals surface area contributed by atoms with Crippen LogP contribution in [0.5, 0.6) is 0 Å². The summed E-state index contributed by atoms with van der Waals surface area (Å²) in [4.78, 5) is 294. The van der Waals surface area contributed by atoms with Gasteiger partial charge in [-0.2, -0.15) is 11.8 Å². The van der Waals surface area contributed by atoms with E-state index < -0.39 is 292 Å². The summed E-state index contributed by atoms with van der Waals surface area (Å²) in [5.74, 6) is -28.9. The molecule has 15 atom stereocenters. The number of carboxylic acid groups (broad SMARTS) is 4. The van der Waals surface area contributed by atoms with Gasteiger partial charge in [0.15, 0.2) is 0 Å². The molecule has 1 aromatic rings. The van der Waals surface area contributed by atoms with Crippen molar-refractivity contribution in [2.45, 2.75) is 395 Å². The fourth-order valence-corrected chi connectivity index (χ4v) is 16.4. The van der Waals surface area contributed by atoms with Gasteiger partial charge in [0.2, 0.25) is 94.5 Å². The molecule has 149 heavy (non-hydrogen) atoms. The summed E-state index contributed by atoms with van der Waals surface area (Å²) in [6.07, 6.45) is 21.2. The highest BCUT2D eigenvalue weighted by Crippen LogP contribution is 2.20. The minimum absolute atomic E-state index is 0.0386. The van der Waals surface area contributed by atoms with E-state index in [9.17, 15) is 136 Å². The van der Waals surface area contributed by atoms with Gasteiger partial charge in [-0.3, -0.25) is 101 Å². The molecule has 0 fully saturated rings. The number of rotatable bonds is 90. The number of carbonyl (C=O) groups is 22. The van der Waals surface area contributed by atoms with Gasteiger partial charge in [0, 0.05) is 43.6 Å². The van der Waals surface area contributed by atoms with Crippen molar-refractivity contribution in [1.82, 2.24) is 69.1 Å². The minimum atomic E-state index is -2.35. The molecule has 0 spiro atoms. The van der Waals surface area contributed by atoms with Gasteiger partial charge in [0.05, 0.1) is 51.5 Å². The molecule has 0 radical (unpaired) electrons. The number of ether oxygens (including phenoxy) is 2. The maximum absolute atomic E-state index is 14.5. The molecule has 16 amide bonds. The molecule has 1 rings (SSSR count).